The van der Waals surface area contributed by atoms with Crippen LogP contribution in [0.4, 0.5) is 0 Å². The summed E-state index contributed by atoms with van der Waals surface area (Å²) in [6.45, 7) is -3.58. The third-order valence-corrected chi connectivity index (χ3v) is 8.98. The van der Waals surface area contributed by atoms with Crippen LogP contribution < -0.4 is 10.2 Å². The Morgan fingerprint density at radius 1 is 0.579 bits per heavy atom. The summed E-state index contributed by atoms with van der Waals surface area (Å²) in [5.74, 6) is -4.18. The van der Waals surface area contributed by atoms with E-state index < -0.39 is 149 Å². The average Bonchev–Trinajstić information content (AvgIpc) is 3.18. The number of carbonyl (C=O) groups excluding carboxylic acids is 2. The molecule has 1 aliphatic carbocycles. The van der Waals surface area contributed by atoms with Crippen molar-refractivity contribution in [2.45, 2.75) is 148 Å². The second kappa shape index (κ2) is 26.9. The third kappa shape index (κ3) is 15.9. The first-order chi connectivity index (χ1) is 26.1. The number of carboxylic acids is 2. The standard InChI is InChI=1S/2C12H22O12.C6H12N2.Pt/c2*13-1-3(15)10(7(18)8(19)11(21)22)24-12-9(20)6(17)5(16)4(2-14)23-12;7-5-3-1-2-4-6(5)8;/h2*3-10,12-20H,1-2H2,(H,21,22);5-8H,1-4H2;/q;;-2;+4/p-2. The van der Waals surface area contributed by atoms with Gasteiger partial charge in [-0.05, 0) is 0 Å². The molecule has 1 saturated carbocycles. The number of hydrogen-bond acceptors (Lipinski definition) is 24. The summed E-state index contributed by atoms with van der Waals surface area (Å²) < 4.78 is 19.9. The Labute approximate surface area is 338 Å². The van der Waals surface area contributed by atoms with Gasteiger partial charge in [-0.2, -0.15) is 12.1 Å². The maximum Gasteiger partial charge on any atom is 4.00 e. The van der Waals surface area contributed by atoms with Crippen LogP contribution in [0.15, 0.2) is 0 Å². The Morgan fingerprint density at radius 3 is 1.11 bits per heavy atom. The van der Waals surface area contributed by atoms with Gasteiger partial charge in [-0.15, -0.1) is 0 Å². The minimum atomic E-state index is -2.50. The monoisotopic (exact) mass is 1020 g/mol. The van der Waals surface area contributed by atoms with Crippen molar-refractivity contribution in [1.29, 1.82) is 0 Å². The predicted octanol–water partition coefficient (Wildman–Crippen LogP) is -11.6. The van der Waals surface area contributed by atoms with Crippen LogP contribution in [0.2, 0.25) is 0 Å². The molecule has 20 atom stereocenters. The molecule has 26 nitrogen and oxygen atoms in total. The topological polar surface area (TPSA) is 488 Å². The molecule has 2 heterocycles. The summed E-state index contributed by atoms with van der Waals surface area (Å²) >= 11 is 0. The molecular formula is C30H54N2O24Pt. The quantitative estimate of drug-likeness (QED) is 0.0682. The van der Waals surface area contributed by atoms with E-state index in [-0.39, 0.29) is 33.1 Å². The van der Waals surface area contributed by atoms with E-state index in [1.807, 2.05) is 0 Å². The van der Waals surface area contributed by atoms with E-state index in [9.17, 15) is 81.1 Å². The van der Waals surface area contributed by atoms with Crippen LogP contribution in [0.25, 0.3) is 11.5 Å². The zero-order chi connectivity index (χ0) is 43.2. The Balaban J connectivity index is 0.000000906. The Morgan fingerprint density at radius 2 is 0.877 bits per heavy atom. The van der Waals surface area contributed by atoms with Crippen LogP contribution in [0.3, 0.4) is 0 Å². The van der Waals surface area contributed by atoms with Gasteiger partial charge in [-0.1, -0.05) is 25.7 Å². The van der Waals surface area contributed by atoms with Crippen molar-refractivity contribution < 1.29 is 142 Å². The number of aliphatic hydroxyl groups excluding tert-OH is 16. The fraction of sp³-hybridized carbons (Fsp3) is 0.933. The molecule has 27 heteroatoms. The van der Waals surface area contributed by atoms with E-state index in [1.54, 1.807) is 0 Å². The number of rotatable bonds is 16. The molecule has 0 radical (unpaired) electrons. The Bertz CT molecular complexity index is 1050. The van der Waals surface area contributed by atoms with Crippen molar-refractivity contribution >= 4 is 11.9 Å². The molecule has 3 fully saturated rings. The van der Waals surface area contributed by atoms with Crippen molar-refractivity contribution in [3.8, 4) is 0 Å². The molecule has 0 aromatic heterocycles. The number of aliphatic hydroxyl groups is 16. The van der Waals surface area contributed by atoms with Crippen LogP contribution in [0.5, 0.6) is 0 Å². The zero-order valence-electron chi connectivity index (χ0n) is 29.9. The molecule has 2 aliphatic heterocycles. The normalized spacial score (nSPS) is 35.8. The first-order valence-electron chi connectivity index (χ1n) is 17.2. The van der Waals surface area contributed by atoms with E-state index in [4.69, 9.17) is 50.8 Å². The molecule has 338 valence electrons. The number of carbonyl (C=O) groups is 2. The fourth-order valence-electron chi connectivity index (χ4n) is 5.44. The largest absolute Gasteiger partial charge is 4.00 e. The van der Waals surface area contributed by atoms with Crippen LogP contribution >= 0.6 is 0 Å². The van der Waals surface area contributed by atoms with Crippen molar-refractivity contribution in [3.05, 3.63) is 11.5 Å². The molecule has 0 aromatic rings. The van der Waals surface area contributed by atoms with Crippen molar-refractivity contribution in [1.82, 2.24) is 0 Å². The van der Waals surface area contributed by atoms with Crippen molar-refractivity contribution in [2.24, 2.45) is 0 Å². The Kier molecular flexibility index (Phi) is 26.3. The van der Waals surface area contributed by atoms with Gasteiger partial charge >= 0.3 is 21.1 Å². The molecule has 3 rings (SSSR count). The first-order valence-corrected chi connectivity index (χ1v) is 17.2. The van der Waals surface area contributed by atoms with Crippen LogP contribution in [-0.4, -0.2) is 242 Å². The summed E-state index contributed by atoms with van der Waals surface area (Å²) in [6, 6.07) is -0.160. The minimum absolute atomic E-state index is 0. The summed E-state index contributed by atoms with van der Waals surface area (Å²) in [6.07, 6.45) is -30.3. The fourth-order valence-corrected chi connectivity index (χ4v) is 5.44. The number of ether oxygens (including phenoxy) is 4. The Hall–Kier alpha value is -1.25. The SMILES string of the molecule is O=C([O-])C(O)C(O)C(OC1OC(CO)C(O)C(O)C1O)C(O)CO.O=C([O-])C(O)C(O)C(OC1OC(CO)C(O)C(O)C1O)C(O)CO.[NH-]C1CCCCC1[NH-].[Pt+4]. The maximum absolute atomic E-state index is 10.6. The molecular weight excluding hydrogens is 967 g/mol. The molecule has 57 heavy (non-hydrogen) atoms. The number of carboxylic acid groups (broad SMARTS) is 2. The number of aliphatic carboxylic acids is 2. The van der Waals surface area contributed by atoms with Gasteiger partial charge in [-0.25, -0.2) is 0 Å². The number of hydrogen-bond donors (Lipinski definition) is 16. The second-order valence-corrected chi connectivity index (χ2v) is 13.1. The van der Waals surface area contributed by atoms with E-state index in [1.165, 1.54) is 12.8 Å². The van der Waals surface area contributed by atoms with Crippen LogP contribution in [0, 0.1) is 0 Å². The molecule has 0 bridgehead atoms. The minimum Gasteiger partial charge on any atom is -0.676 e. The van der Waals surface area contributed by atoms with E-state index in [2.05, 4.69) is 0 Å². The summed E-state index contributed by atoms with van der Waals surface area (Å²) in [4.78, 5) is 21.2. The average molecular weight is 1020 g/mol. The molecule has 0 spiro atoms. The van der Waals surface area contributed by atoms with Crippen molar-refractivity contribution in [2.75, 3.05) is 26.4 Å². The van der Waals surface area contributed by atoms with Gasteiger partial charge in [0.05, 0.1) is 38.4 Å². The molecule has 18 N–H and O–H groups in total. The van der Waals surface area contributed by atoms with Gasteiger partial charge in [0.25, 0.3) is 0 Å². The van der Waals surface area contributed by atoms with Crippen molar-refractivity contribution in [3.63, 3.8) is 0 Å². The molecule has 20 unspecified atom stereocenters. The molecule has 0 aromatic carbocycles. The summed E-state index contributed by atoms with van der Waals surface area (Å²) in [7, 11) is 0. The van der Waals surface area contributed by atoms with Gasteiger partial charge in [0.2, 0.25) is 0 Å². The van der Waals surface area contributed by atoms with Crippen LogP contribution in [0.1, 0.15) is 25.7 Å². The van der Waals surface area contributed by atoms with Gasteiger partial charge in [0.1, 0.15) is 97.7 Å². The third-order valence-electron chi connectivity index (χ3n) is 8.98. The first kappa shape index (κ1) is 55.7. The second-order valence-electron chi connectivity index (χ2n) is 13.1. The number of nitrogens with one attached hydrogen (secondary N) is 2. The van der Waals surface area contributed by atoms with Gasteiger partial charge in [-0.3, -0.25) is 0 Å². The zero-order valence-corrected chi connectivity index (χ0v) is 32.2. The van der Waals surface area contributed by atoms with Gasteiger partial charge in [0, 0.05) is 0 Å². The summed E-state index contributed by atoms with van der Waals surface area (Å²) in [5.41, 5.74) is 14.6. The molecule has 0 amide bonds. The van der Waals surface area contributed by atoms with Gasteiger partial charge < -0.3 is 132 Å². The predicted molar refractivity (Wildman–Crippen MR) is 172 cm³/mol. The smallest absolute Gasteiger partial charge is 0.676 e. The summed E-state index contributed by atoms with van der Waals surface area (Å²) in [5, 5.41) is 173. The van der Waals surface area contributed by atoms with Gasteiger partial charge in [0.15, 0.2) is 12.6 Å². The van der Waals surface area contributed by atoms with E-state index >= 15 is 0 Å². The molecule has 3 aliphatic rings. The molecule has 2 saturated heterocycles. The van der Waals surface area contributed by atoms with E-state index in [0.29, 0.717) is 0 Å². The maximum atomic E-state index is 10.6. The van der Waals surface area contributed by atoms with E-state index in [0.717, 1.165) is 12.8 Å². The van der Waals surface area contributed by atoms with Crippen LogP contribution in [-0.2, 0) is 49.6 Å².